The van der Waals surface area contributed by atoms with Gasteiger partial charge in [0.1, 0.15) is 0 Å². The van der Waals surface area contributed by atoms with E-state index in [1.54, 1.807) is 6.92 Å². The minimum absolute atomic E-state index is 0.0677. The molecule has 0 spiro atoms. The number of hydrogen-bond acceptors (Lipinski definition) is 3. The van der Waals surface area contributed by atoms with Crippen molar-refractivity contribution in [1.82, 2.24) is 10.2 Å². The number of nitrogens with zero attached hydrogens (tertiary/aromatic N) is 1. The van der Waals surface area contributed by atoms with Gasteiger partial charge in [-0.1, -0.05) is 0 Å². The van der Waals surface area contributed by atoms with E-state index < -0.39 is 0 Å². The normalized spacial score (nSPS) is 27.9. The highest BCUT2D eigenvalue weighted by Crippen LogP contribution is 2.05. The second kappa shape index (κ2) is 4.58. The molecule has 13 heavy (non-hydrogen) atoms. The van der Waals surface area contributed by atoms with Crippen LogP contribution in [0.4, 0.5) is 0 Å². The van der Waals surface area contributed by atoms with Crippen molar-refractivity contribution in [3.63, 3.8) is 0 Å². The number of aliphatic hydroxyl groups excluding tert-OH is 1. The van der Waals surface area contributed by atoms with Crippen molar-refractivity contribution < 1.29 is 9.90 Å². The summed E-state index contributed by atoms with van der Waals surface area (Å²) in [7, 11) is 0. The number of amides is 1. The Morgan fingerprint density at radius 2 is 2.46 bits per heavy atom. The molecule has 1 heterocycles. The topological polar surface area (TPSA) is 52.6 Å². The largest absolute Gasteiger partial charge is 0.392 e. The molecule has 0 aliphatic carbocycles. The molecule has 0 saturated carbocycles. The molecule has 4 nitrogen and oxygen atoms in total. The fourth-order valence-corrected chi connectivity index (χ4v) is 1.59. The first-order valence-corrected chi connectivity index (χ1v) is 4.81. The lowest BCUT2D eigenvalue weighted by Crippen LogP contribution is -2.44. The SMILES string of the molecule is CC(O)CN1CCCNC(=O)C1C. The van der Waals surface area contributed by atoms with Gasteiger partial charge in [0, 0.05) is 19.6 Å². The van der Waals surface area contributed by atoms with Crippen molar-refractivity contribution in [3.05, 3.63) is 0 Å². The van der Waals surface area contributed by atoms with Gasteiger partial charge in [0.2, 0.25) is 5.91 Å². The van der Waals surface area contributed by atoms with Gasteiger partial charge in [-0.3, -0.25) is 9.69 Å². The Hall–Kier alpha value is -0.610. The third kappa shape index (κ3) is 2.97. The van der Waals surface area contributed by atoms with Crippen LogP contribution in [0.5, 0.6) is 0 Å². The van der Waals surface area contributed by atoms with Gasteiger partial charge in [0.25, 0.3) is 0 Å². The Morgan fingerprint density at radius 1 is 1.77 bits per heavy atom. The Balaban J connectivity index is 2.54. The molecule has 1 saturated heterocycles. The zero-order valence-electron chi connectivity index (χ0n) is 8.29. The first-order valence-electron chi connectivity index (χ1n) is 4.81. The quantitative estimate of drug-likeness (QED) is 0.615. The highest BCUT2D eigenvalue weighted by atomic mass is 16.3. The number of β-amino-alcohol motifs (C(OH)–C–C–N with tert-alkyl or cyclic N) is 1. The van der Waals surface area contributed by atoms with Gasteiger partial charge in [-0.2, -0.15) is 0 Å². The molecule has 0 aromatic rings. The number of carbonyl (C=O) groups is 1. The van der Waals surface area contributed by atoms with Crippen LogP contribution in [0.3, 0.4) is 0 Å². The van der Waals surface area contributed by atoms with Crippen LogP contribution in [0.15, 0.2) is 0 Å². The molecule has 2 N–H and O–H groups in total. The highest BCUT2D eigenvalue weighted by Gasteiger charge is 2.23. The monoisotopic (exact) mass is 186 g/mol. The predicted molar refractivity (Wildman–Crippen MR) is 50.3 cm³/mol. The summed E-state index contributed by atoms with van der Waals surface area (Å²) in [5, 5.41) is 12.1. The van der Waals surface area contributed by atoms with E-state index >= 15 is 0 Å². The van der Waals surface area contributed by atoms with E-state index in [4.69, 9.17) is 0 Å². The van der Waals surface area contributed by atoms with E-state index in [9.17, 15) is 9.90 Å². The third-order valence-corrected chi connectivity index (χ3v) is 2.35. The lowest BCUT2D eigenvalue weighted by atomic mass is 10.2. The molecule has 1 amide bonds. The fraction of sp³-hybridized carbons (Fsp3) is 0.889. The summed E-state index contributed by atoms with van der Waals surface area (Å²) in [5.74, 6) is 0.0677. The lowest BCUT2D eigenvalue weighted by Gasteiger charge is -2.26. The second-order valence-electron chi connectivity index (χ2n) is 3.66. The first-order chi connectivity index (χ1) is 6.11. The molecule has 2 atom stereocenters. The zero-order valence-corrected chi connectivity index (χ0v) is 8.29. The van der Waals surface area contributed by atoms with Gasteiger partial charge >= 0.3 is 0 Å². The van der Waals surface area contributed by atoms with Crippen molar-refractivity contribution in [2.24, 2.45) is 0 Å². The highest BCUT2D eigenvalue weighted by molar-refractivity contribution is 5.81. The van der Waals surface area contributed by atoms with E-state index in [2.05, 4.69) is 5.32 Å². The Kier molecular flexibility index (Phi) is 3.69. The molecule has 0 radical (unpaired) electrons. The van der Waals surface area contributed by atoms with E-state index in [0.29, 0.717) is 6.54 Å². The van der Waals surface area contributed by atoms with E-state index in [0.717, 1.165) is 19.5 Å². The molecular weight excluding hydrogens is 168 g/mol. The molecule has 4 heteroatoms. The summed E-state index contributed by atoms with van der Waals surface area (Å²) in [6.45, 7) is 5.83. The summed E-state index contributed by atoms with van der Waals surface area (Å²) < 4.78 is 0. The molecule has 0 bridgehead atoms. The molecule has 2 unspecified atom stereocenters. The predicted octanol–water partition coefficient (Wildman–Crippen LogP) is -0.422. The molecule has 0 aromatic carbocycles. The lowest BCUT2D eigenvalue weighted by molar-refractivity contribution is -0.125. The van der Waals surface area contributed by atoms with Crippen LogP contribution >= 0.6 is 0 Å². The van der Waals surface area contributed by atoms with E-state index in [1.165, 1.54) is 0 Å². The molecule has 76 valence electrons. The van der Waals surface area contributed by atoms with Gasteiger partial charge in [-0.05, 0) is 20.3 Å². The van der Waals surface area contributed by atoms with Crippen molar-refractivity contribution in [1.29, 1.82) is 0 Å². The van der Waals surface area contributed by atoms with Crippen molar-refractivity contribution in [2.45, 2.75) is 32.4 Å². The van der Waals surface area contributed by atoms with Crippen LogP contribution in [-0.2, 0) is 4.79 Å². The van der Waals surface area contributed by atoms with E-state index in [1.807, 2.05) is 11.8 Å². The van der Waals surface area contributed by atoms with Crippen molar-refractivity contribution in [2.75, 3.05) is 19.6 Å². The summed E-state index contributed by atoms with van der Waals surface area (Å²) in [6.07, 6.45) is 0.594. The number of carbonyl (C=O) groups excluding carboxylic acids is 1. The van der Waals surface area contributed by atoms with Crippen molar-refractivity contribution in [3.8, 4) is 0 Å². The van der Waals surface area contributed by atoms with Gasteiger partial charge in [-0.15, -0.1) is 0 Å². The molecule has 1 rings (SSSR count). The summed E-state index contributed by atoms with van der Waals surface area (Å²) >= 11 is 0. The molecule has 1 aliphatic heterocycles. The molecular formula is C9H18N2O2. The second-order valence-corrected chi connectivity index (χ2v) is 3.66. The van der Waals surface area contributed by atoms with Crippen molar-refractivity contribution >= 4 is 5.91 Å². The summed E-state index contributed by atoms with van der Waals surface area (Å²) in [6, 6.07) is -0.114. The van der Waals surface area contributed by atoms with Gasteiger partial charge < -0.3 is 10.4 Å². The third-order valence-electron chi connectivity index (χ3n) is 2.35. The minimum Gasteiger partial charge on any atom is -0.392 e. The van der Waals surface area contributed by atoms with Crippen LogP contribution in [0.1, 0.15) is 20.3 Å². The average molecular weight is 186 g/mol. The van der Waals surface area contributed by atoms with Gasteiger partial charge in [0.05, 0.1) is 12.1 Å². The first kappa shape index (κ1) is 10.5. The smallest absolute Gasteiger partial charge is 0.237 e. The number of rotatable bonds is 2. The van der Waals surface area contributed by atoms with Gasteiger partial charge in [-0.25, -0.2) is 0 Å². The van der Waals surface area contributed by atoms with Crippen LogP contribution in [0.25, 0.3) is 0 Å². The van der Waals surface area contributed by atoms with Gasteiger partial charge in [0.15, 0.2) is 0 Å². The van der Waals surface area contributed by atoms with Crippen LogP contribution < -0.4 is 5.32 Å². The summed E-state index contributed by atoms with van der Waals surface area (Å²) in [4.78, 5) is 13.4. The molecule has 1 fully saturated rings. The Labute approximate surface area is 78.9 Å². The van der Waals surface area contributed by atoms with Crippen LogP contribution in [-0.4, -0.2) is 47.7 Å². The number of hydrogen-bond donors (Lipinski definition) is 2. The Bertz CT molecular complexity index is 182. The maximum atomic E-state index is 11.4. The van der Waals surface area contributed by atoms with Crippen LogP contribution in [0, 0.1) is 0 Å². The molecule has 1 aliphatic rings. The number of aliphatic hydroxyl groups is 1. The van der Waals surface area contributed by atoms with E-state index in [-0.39, 0.29) is 18.1 Å². The minimum atomic E-state index is -0.367. The maximum Gasteiger partial charge on any atom is 0.237 e. The summed E-state index contributed by atoms with van der Waals surface area (Å²) in [5.41, 5.74) is 0. The number of nitrogens with one attached hydrogen (secondary N) is 1. The fourth-order valence-electron chi connectivity index (χ4n) is 1.59. The zero-order chi connectivity index (χ0) is 9.84. The van der Waals surface area contributed by atoms with Crippen LogP contribution in [0.2, 0.25) is 0 Å². The molecule has 0 aromatic heterocycles. The average Bonchev–Trinajstić information content (AvgIpc) is 2.19. The maximum absolute atomic E-state index is 11.4. The Morgan fingerprint density at radius 3 is 3.08 bits per heavy atom. The standard InChI is InChI=1S/C9H18N2O2/c1-7(12)6-11-5-3-4-10-9(13)8(11)2/h7-8,12H,3-6H2,1-2H3,(H,10,13).